The molecule has 1 heterocycles. The Morgan fingerprint density at radius 2 is 1.69 bits per heavy atom. The summed E-state index contributed by atoms with van der Waals surface area (Å²) in [4.78, 5) is 14.9. The number of nitro groups is 1. The standard InChI is InChI=1S/C22H17N3O3S/c26-25(27)19-10-6-17(7-11-19)21-15-29-22(24-21)23-18-8-12-20(13-9-18)28-14-16-4-2-1-3-5-16/h1-13,15H,14H2,(H,23,24). The zero-order valence-corrected chi connectivity index (χ0v) is 16.1. The third-order valence-electron chi connectivity index (χ3n) is 4.23. The van der Waals surface area contributed by atoms with Crippen LogP contribution in [0.4, 0.5) is 16.5 Å². The summed E-state index contributed by atoms with van der Waals surface area (Å²) in [6.45, 7) is 0.526. The predicted molar refractivity (Wildman–Crippen MR) is 115 cm³/mol. The number of thiazole rings is 1. The topological polar surface area (TPSA) is 77.3 Å². The van der Waals surface area contributed by atoms with E-state index >= 15 is 0 Å². The van der Waals surface area contributed by atoms with E-state index in [9.17, 15) is 10.1 Å². The fourth-order valence-electron chi connectivity index (χ4n) is 2.72. The van der Waals surface area contributed by atoms with Crippen LogP contribution in [0.25, 0.3) is 11.3 Å². The molecule has 0 radical (unpaired) electrons. The van der Waals surface area contributed by atoms with E-state index in [4.69, 9.17) is 4.74 Å². The number of nitrogens with one attached hydrogen (secondary N) is 1. The molecular formula is C22H17N3O3S. The van der Waals surface area contributed by atoms with Crippen molar-refractivity contribution in [2.75, 3.05) is 5.32 Å². The molecule has 0 aliphatic rings. The molecule has 0 unspecified atom stereocenters. The lowest BCUT2D eigenvalue weighted by Gasteiger charge is -2.08. The Morgan fingerprint density at radius 3 is 2.38 bits per heavy atom. The van der Waals surface area contributed by atoms with Crippen molar-refractivity contribution in [1.82, 2.24) is 4.98 Å². The quantitative estimate of drug-likeness (QED) is 0.301. The van der Waals surface area contributed by atoms with Crippen molar-refractivity contribution in [2.24, 2.45) is 0 Å². The Kier molecular flexibility index (Phi) is 5.49. The third-order valence-corrected chi connectivity index (χ3v) is 4.99. The van der Waals surface area contributed by atoms with E-state index in [0.29, 0.717) is 6.61 Å². The highest BCUT2D eigenvalue weighted by Crippen LogP contribution is 2.29. The van der Waals surface area contributed by atoms with Gasteiger partial charge in [-0.3, -0.25) is 10.1 Å². The van der Waals surface area contributed by atoms with Gasteiger partial charge in [0.15, 0.2) is 5.13 Å². The molecule has 4 aromatic rings. The second kappa shape index (κ2) is 8.53. The number of rotatable bonds is 7. The maximum atomic E-state index is 10.8. The van der Waals surface area contributed by atoms with Gasteiger partial charge in [-0.05, 0) is 42.0 Å². The van der Waals surface area contributed by atoms with E-state index in [1.165, 1.54) is 23.5 Å². The lowest BCUT2D eigenvalue weighted by atomic mass is 10.1. The van der Waals surface area contributed by atoms with Gasteiger partial charge >= 0.3 is 0 Å². The molecule has 0 amide bonds. The summed E-state index contributed by atoms with van der Waals surface area (Å²) in [5.41, 5.74) is 3.70. The van der Waals surface area contributed by atoms with Crippen LogP contribution in [0, 0.1) is 10.1 Å². The Labute approximate surface area is 171 Å². The van der Waals surface area contributed by atoms with E-state index in [0.717, 1.165) is 33.4 Å². The monoisotopic (exact) mass is 403 g/mol. The minimum absolute atomic E-state index is 0.0666. The van der Waals surface area contributed by atoms with Crippen LogP contribution in [0.15, 0.2) is 84.2 Å². The fraction of sp³-hybridized carbons (Fsp3) is 0.0455. The van der Waals surface area contributed by atoms with Crippen LogP contribution in [0.5, 0.6) is 5.75 Å². The molecule has 0 aliphatic carbocycles. The first-order chi connectivity index (χ1) is 14.2. The van der Waals surface area contributed by atoms with Gasteiger partial charge in [0.05, 0.1) is 10.6 Å². The molecule has 3 aromatic carbocycles. The Hall–Kier alpha value is -3.71. The van der Waals surface area contributed by atoms with Gasteiger partial charge < -0.3 is 10.1 Å². The van der Waals surface area contributed by atoms with E-state index in [2.05, 4.69) is 10.3 Å². The van der Waals surface area contributed by atoms with Crippen LogP contribution < -0.4 is 10.1 Å². The summed E-state index contributed by atoms with van der Waals surface area (Å²) >= 11 is 1.47. The minimum Gasteiger partial charge on any atom is -0.489 e. The van der Waals surface area contributed by atoms with Gasteiger partial charge in [-0.15, -0.1) is 11.3 Å². The molecule has 7 heteroatoms. The molecule has 6 nitrogen and oxygen atoms in total. The Bertz CT molecular complexity index is 1090. The van der Waals surface area contributed by atoms with Crippen molar-refractivity contribution in [1.29, 1.82) is 0 Å². The van der Waals surface area contributed by atoms with Crippen LogP contribution in [-0.4, -0.2) is 9.91 Å². The summed E-state index contributed by atoms with van der Waals surface area (Å²) in [7, 11) is 0. The zero-order chi connectivity index (χ0) is 20.1. The van der Waals surface area contributed by atoms with Crippen LogP contribution in [0.1, 0.15) is 5.56 Å². The number of aromatic nitrogens is 1. The van der Waals surface area contributed by atoms with E-state index in [-0.39, 0.29) is 5.69 Å². The molecule has 1 N–H and O–H groups in total. The van der Waals surface area contributed by atoms with Gasteiger partial charge in [-0.2, -0.15) is 0 Å². The van der Waals surface area contributed by atoms with Gasteiger partial charge in [0.2, 0.25) is 0 Å². The van der Waals surface area contributed by atoms with Gasteiger partial charge in [0.25, 0.3) is 5.69 Å². The molecule has 0 aliphatic heterocycles. The van der Waals surface area contributed by atoms with Crippen molar-refractivity contribution >= 4 is 27.8 Å². The number of hydrogen-bond acceptors (Lipinski definition) is 6. The normalized spacial score (nSPS) is 10.5. The molecular weight excluding hydrogens is 386 g/mol. The highest BCUT2D eigenvalue weighted by atomic mass is 32.1. The highest BCUT2D eigenvalue weighted by molar-refractivity contribution is 7.14. The number of nitrogens with zero attached hydrogens (tertiary/aromatic N) is 2. The molecule has 144 valence electrons. The summed E-state index contributed by atoms with van der Waals surface area (Å²) < 4.78 is 5.80. The first-order valence-electron chi connectivity index (χ1n) is 8.91. The zero-order valence-electron chi connectivity index (χ0n) is 15.3. The van der Waals surface area contributed by atoms with Crippen LogP contribution >= 0.6 is 11.3 Å². The van der Waals surface area contributed by atoms with Gasteiger partial charge in [-0.25, -0.2) is 4.98 Å². The second-order valence-electron chi connectivity index (χ2n) is 6.27. The Morgan fingerprint density at radius 1 is 0.966 bits per heavy atom. The number of anilines is 2. The first kappa shape index (κ1) is 18.6. The fourth-order valence-corrected chi connectivity index (χ4v) is 3.46. The van der Waals surface area contributed by atoms with Crippen molar-refractivity contribution in [3.8, 4) is 17.0 Å². The lowest BCUT2D eigenvalue weighted by Crippen LogP contribution is -1.95. The van der Waals surface area contributed by atoms with Crippen LogP contribution in [0.3, 0.4) is 0 Å². The number of nitro benzene ring substituents is 1. The SMILES string of the molecule is O=[N+]([O-])c1ccc(-c2csc(Nc3ccc(OCc4ccccc4)cc3)n2)cc1. The number of hydrogen-bond donors (Lipinski definition) is 1. The molecule has 0 spiro atoms. The van der Waals surface area contributed by atoms with Crippen molar-refractivity contribution in [3.05, 3.63) is 99.9 Å². The molecule has 0 bridgehead atoms. The predicted octanol–water partition coefficient (Wildman–Crippen LogP) is 6.04. The molecule has 0 atom stereocenters. The molecule has 29 heavy (non-hydrogen) atoms. The third kappa shape index (κ3) is 4.77. The summed E-state index contributed by atoms with van der Waals surface area (Å²) in [6, 6.07) is 24.1. The maximum absolute atomic E-state index is 10.8. The van der Waals surface area contributed by atoms with Crippen molar-refractivity contribution in [3.63, 3.8) is 0 Å². The first-order valence-corrected chi connectivity index (χ1v) is 9.79. The van der Waals surface area contributed by atoms with E-state index in [1.54, 1.807) is 12.1 Å². The van der Waals surface area contributed by atoms with Gasteiger partial charge in [0.1, 0.15) is 12.4 Å². The summed E-state index contributed by atoms with van der Waals surface area (Å²) in [5, 5.41) is 16.7. The minimum atomic E-state index is -0.412. The van der Waals surface area contributed by atoms with Crippen molar-refractivity contribution < 1.29 is 9.66 Å². The molecule has 0 saturated carbocycles. The number of ether oxygens (including phenoxy) is 1. The largest absolute Gasteiger partial charge is 0.489 e. The van der Waals surface area contributed by atoms with E-state index < -0.39 is 4.92 Å². The second-order valence-corrected chi connectivity index (χ2v) is 7.12. The molecule has 4 rings (SSSR count). The molecule has 0 fully saturated rings. The van der Waals surface area contributed by atoms with Crippen LogP contribution in [-0.2, 0) is 6.61 Å². The number of benzene rings is 3. The van der Waals surface area contributed by atoms with E-state index in [1.807, 2.05) is 60.0 Å². The van der Waals surface area contributed by atoms with Gasteiger partial charge in [0, 0.05) is 28.8 Å². The maximum Gasteiger partial charge on any atom is 0.269 e. The van der Waals surface area contributed by atoms with Gasteiger partial charge in [-0.1, -0.05) is 30.3 Å². The average molecular weight is 403 g/mol. The smallest absolute Gasteiger partial charge is 0.269 e. The molecule has 1 aromatic heterocycles. The summed E-state index contributed by atoms with van der Waals surface area (Å²) in [6.07, 6.45) is 0. The Balaban J connectivity index is 1.37. The van der Waals surface area contributed by atoms with Crippen LogP contribution in [0.2, 0.25) is 0 Å². The summed E-state index contributed by atoms with van der Waals surface area (Å²) in [5.74, 6) is 0.796. The highest BCUT2D eigenvalue weighted by Gasteiger charge is 2.08. The lowest BCUT2D eigenvalue weighted by molar-refractivity contribution is -0.384. The molecule has 0 saturated heterocycles. The number of non-ortho nitro benzene ring substituents is 1. The van der Waals surface area contributed by atoms with Crippen molar-refractivity contribution in [2.45, 2.75) is 6.61 Å². The average Bonchev–Trinajstić information content (AvgIpc) is 3.22.